The smallest absolute Gasteiger partial charge is 0.164 e. The molecule has 0 aliphatic carbocycles. The highest BCUT2D eigenvalue weighted by molar-refractivity contribution is 6.29. The first-order valence-corrected chi connectivity index (χ1v) is 18.2. The van der Waals surface area contributed by atoms with E-state index in [1.54, 1.807) is 0 Å². The maximum Gasteiger partial charge on any atom is 0.164 e. The van der Waals surface area contributed by atoms with Crippen LogP contribution < -0.4 is 0 Å². The molecule has 11 rings (SSSR count). The third kappa shape index (κ3) is 4.83. The van der Waals surface area contributed by atoms with Gasteiger partial charge >= 0.3 is 0 Å². The third-order valence-electron chi connectivity index (χ3n) is 10.6. The molecule has 54 heavy (non-hydrogen) atoms. The average Bonchev–Trinajstić information content (AvgIpc) is 3.84. The predicted octanol–water partition coefficient (Wildman–Crippen LogP) is 12.2. The molecule has 5 nitrogen and oxygen atoms in total. The summed E-state index contributed by atoms with van der Waals surface area (Å²) in [6.45, 7) is 0. The van der Waals surface area contributed by atoms with Gasteiger partial charge in [0.2, 0.25) is 0 Å². The lowest BCUT2D eigenvalue weighted by Gasteiger charge is -2.12. The summed E-state index contributed by atoms with van der Waals surface area (Å²) >= 11 is 0. The fourth-order valence-electron chi connectivity index (χ4n) is 8.03. The zero-order valence-electron chi connectivity index (χ0n) is 29.1. The standard InChI is InChI=1S/C49H31N5/c1-4-12-34(13-5-1)47-50-48(35-14-6-2-7-15-35)52-49(51-47)37-18-10-17-36(30-37)32-22-25-39(26-23-32)54-42-21-11-16-33-24-27-41-40-28-29-53(38-19-8-3-9-20-38)43(40)31-44(54)46(41)45(33)42/h1-31H. The van der Waals surface area contributed by atoms with Crippen LogP contribution in [0.5, 0.6) is 0 Å². The van der Waals surface area contributed by atoms with Gasteiger partial charge in [-0.15, -0.1) is 0 Å². The number of hydrogen-bond acceptors (Lipinski definition) is 3. The summed E-state index contributed by atoms with van der Waals surface area (Å²) in [7, 11) is 0. The van der Waals surface area contributed by atoms with Gasteiger partial charge in [0, 0.05) is 50.4 Å². The Kier molecular flexibility index (Phi) is 6.79. The molecule has 0 aliphatic rings. The van der Waals surface area contributed by atoms with Crippen LogP contribution in [-0.4, -0.2) is 24.1 Å². The molecule has 0 amide bonds. The average molecular weight is 690 g/mol. The van der Waals surface area contributed by atoms with Gasteiger partial charge in [-0.2, -0.15) is 0 Å². The van der Waals surface area contributed by atoms with E-state index in [1.165, 1.54) is 43.5 Å². The van der Waals surface area contributed by atoms with E-state index in [0.29, 0.717) is 17.5 Å². The van der Waals surface area contributed by atoms with Crippen LogP contribution in [0.15, 0.2) is 188 Å². The number of benzene rings is 8. The van der Waals surface area contributed by atoms with Crippen molar-refractivity contribution in [2.45, 2.75) is 0 Å². The van der Waals surface area contributed by atoms with Gasteiger partial charge in [0.1, 0.15) is 0 Å². The van der Waals surface area contributed by atoms with Gasteiger partial charge in [-0.3, -0.25) is 0 Å². The van der Waals surface area contributed by atoms with Crippen molar-refractivity contribution in [3.63, 3.8) is 0 Å². The lowest BCUT2D eigenvalue weighted by molar-refractivity contribution is 1.07. The van der Waals surface area contributed by atoms with E-state index in [1.807, 2.05) is 60.7 Å². The summed E-state index contributed by atoms with van der Waals surface area (Å²) in [5.74, 6) is 1.95. The summed E-state index contributed by atoms with van der Waals surface area (Å²) in [6.07, 6.45) is 2.19. The van der Waals surface area contributed by atoms with E-state index >= 15 is 0 Å². The van der Waals surface area contributed by atoms with Crippen LogP contribution in [0.3, 0.4) is 0 Å². The topological polar surface area (TPSA) is 48.5 Å². The molecule has 0 fully saturated rings. The van der Waals surface area contributed by atoms with E-state index in [2.05, 4.69) is 137 Å². The largest absolute Gasteiger partial charge is 0.316 e. The molecule has 3 heterocycles. The van der Waals surface area contributed by atoms with Crippen molar-refractivity contribution in [3.8, 4) is 56.7 Å². The molecule has 252 valence electrons. The number of aromatic nitrogens is 5. The highest BCUT2D eigenvalue weighted by Crippen LogP contribution is 2.43. The van der Waals surface area contributed by atoms with Crippen molar-refractivity contribution in [2.24, 2.45) is 0 Å². The second kappa shape index (κ2) is 12.1. The minimum absolute atomic E-state index is 0.642. The minimum atomic E-state index is 0.642. The number of nitrogens with zero attached hydrogens (tertiary/aromatic N) is 5. The van der Waals surface area contributed by atoms with Gasteiger partial charge in [-0.05, 0) is 70.4 Å². The van der Waals surface area contributed by atoms with Crippen LogP contribution in [0.2, 0.25) is 0 Å². The molecule has 3 aromatic heterocycles. The number of para-hydroxylation sites is 1. The molecular weight excluding hydrogens is 659 g/mol. The van der Waals surface area contributed by atoms with Crippen LogP contribution in [-0.2, 0) is 0 Å². The fraction of sp³-hybridized carbons (Fsp3) is 0. The SMILES string of the molecule is c1ccc(-c2nc(-c3ccccc3)nc(-c3cccc(-c4ccc(-n5c6cccc7ccc8c9ccn(-c%10ccccc%10)c9cc5c8c76)cc4)c3)n2)cc1. The molecule has 0 unspecified atom stereocenters. The summed E-state index contributed by atoms with van der Waals surface area (Å²) in [6, 6.07) is 64.0. The molecular formula is C49H31N5. The van der Waals surface area contributed by atoms with Crippen molar-refractivity contribution < 1.29 is 0 Å². The third-order valence-corrected chi connectivity index (χ3v) is 10.6. The van der Waals surface area contributed by atoms with E-state index in [0.717, 1.165) is 39.2 Å². The van der Waals surface area contributed by atoms with Crippen LogP contribution in [0.1, 0.15) is 0 Å². The van der Waals surface area contributed by atoms with Crippen LogP contribution >= 0.6 is 0 Å². The Labute approximate surface area is 311 Å². The Morgan fingerprint density at radius 2 is 0.944 bits per heavy atom. The van der Waals surface area contributed by atoms with E-state index in [9.17, 15) is 0 Å². The van der Waals surface area contributed by atoms with Gasteiger partial charge in [0.15, 0.2) is 17.5 Å². The maximum atomic E-state index is 4.97. The Bertz CT molecular complexity index is 3070. The zero-order valence-corrected chi connectivity index (χ0v) is 29.1. The molecule has 5 heteroatoms. The Morgan fingerprint density at radius 3 is 1.65 bits per heavy atom. The van der Waals surface area contributed by atoms with Crippen molar-refractivity contribution >= 4 is 43.5 Å². The lowest BCUT2D eigenvalue weighted by atomic mass is 10.00. The van der Waals surface area contributed by atoms with Crippen LogP contribution in [0, 0.1) is 0 Å². The van der Waals surface area contributed by atoms with Crippen molar-refractivity contribution in [1.29, 1.82) is 0 Å². The van der Waals surface area contributed by atoms with Crippen molar-refractivity contribution in [1.82, 2.24) is 24.1 Å². The quantitative estimate of drug-likeness (QED) is 0.163. The molecule has 0 N–H and O–H groups in total. The number of rotatable bonds is 6. The first-order valence-electron chi connectivity index (χ1n) is 18.2. The summed E-state index contributed by atoms with van der Waals surface area (Å²) in [4.78, 5) is 14.8. The van der Waals surface area contributed by atoms with E-state index in [-0.39, 0.29) is 0 Å². The second-order valence-corrected chi connectivity index (χ2v) is 13.7. The molecule has 0 spiro atoms. The first-order chi connectivity index (χ1) is 26.8. The van der Waals surface area contributed by atoms with Gasteiger partial charge in [-0.1, -0.05) is 133 Å². The summed E-state index contributed by atoms with van der Waals surface area (Å²) in [5, 5.41) is 6.40. The summed E-state index contributed by atoms with van der Waals surface area (Å²) in [5.41, 5.74) is 10.9. The van der Waals surface area contributed by atoms with Gasteiger partial charge in [0.25, 0.3) is 0 Å². The van der Waals surface area contributed by atoms with Gasteiger partial charge in [0.05, 0.1) is 16.6 Å². The van der Waals surface area contributed by atoms with Gasteiger partial charge < -0.3 is 9.13 Å². The molecule has 0 atom stereocenters. The maximum absolute atomic E-state index is 4.97. The molecule has 0 saturated heterocycles. The van der Waals surface area contributed by atoms with Gasteiger partial charge in [-0.25, -0.2) is 15.0 Å². The summed E-state index contributed by atoms with van der Waals surface area (Å²) < 4.78 is 4.72. The Morgan fingerprint density at radius 1 is 0.333 bits per heavy atom. The van der Waals surface area contributed by atoms with Crippen LogP contribution in [0.4, 0.5) is 0 Å². The lowest BCUT2D eigenvalue weighted by Crippen LogP contribution is -2.00. The molecule has 0 aliphatic heterocycles. The van der Waals surface area contributed by atoms with Crippen LogP contribution in [0.25, 0.3) is 100 Å². The highest BCUT2D eigenvalue weighted by atomic mass is 15.0. The second-order valence-electron chi connectivity index (χ2n) is 13.7. The molecule has 0 saturated carbocycles. The number of hydrogen-bond donors (Lipinski definition) is 0. The molecule has 11 aromatic rings. The molecule has 0 radical (unpaired) electrons. The first kappa shape index (κ1) is 30.3. The van der Waals surface area contributed by atoms with Crippen molar-refractivity contribution in [2.75, 3.05) is 0 Å². The van der Waals surface area contributed by atoms with E-state index < -0.39 is 0 Å². The Balaban J connectivity index is 1.03. The molecule has 8 aromatic carbocycles. The highest BCUT2D eigenvalue weighted by Gasteiger charge is 2.20. The zero-order chi connectivity index (χ0) is 35.6. The predicted molar refractivity (Wildman–Crippen MR) is 221 cm³/mol. The normalized spacial score (nSPS) is 11.7. The minimum Gasteiger partial charge on any atom is -0.316 e. The fourth-order valence-corrected chi connectivity index (χ4v) is 8.03. The number of fused-ring (bicyclic) bond motifs is 2. The van der Waals surface area contributed by atoms with E-state index in [4.69, 9.17) is 15.0 Å². The van der Waals surface area contributed by atoms with Crippen molar-refractivity contribution in [3.05, 3.63) is 188 Å². The Hall–Kier alpha value is -7.37. The monoisotopic (exact) mass is 689 g/mol. The molecule has 0 bridgehead atoms.